The van der Waals surface area contributed by atoms with E-state index in [0.29, 0.717) is 11.8 Å². The van der Waals surface area contributed by atoms with Crippen molar-refractivity contribution < 1.29 is 9.53 Å². The molecule has 0 spiro atoms. The van der Waals surface area contributed by atoms with Gasteiger partial charge in [-0.25, -0.2) is 0 Å². The number of carbonyl (C=O) groups excluding carboxylic acids is 1. The summed E-state index contributed by atoms with van der Waals surface area (Å²) in [6.07, 6.45) is 7.01. The maximum atomic E-state index is 12.3. The molecule has 0 radical (unpaired) electrons. The van der Waals surface area contributed by atoms with Crippen LogP contribution < -0.4 is 5.32 Å². The maximum absolute atomic E-state index is 12.3. The molecule has 0 bridgehead atoms. The highest BCUT2D eigenvalue weighted by Crippen LogP contribution is 2.29. The first-order chi connectivity index (χ1) is 13.2. The number of hydrogen-bond donors (Lipinski definition) is 1. The summed E-state index contributed by atoms with van der Waals surface area (Å²) in [5, 5.41) is 14.9. The van der Waals surface area contributed by atoms with Gasteiger partial charge in [0.05, 0.1) is 18.4 Å². The zero-order chi connectivity index (χ0) is 18.6. The van der Waals surface area contributed by atoms with Crippen LogP contribution in [0.3, 0.4) is 0 Å². The minimum absolute atomic E-state index is 0.0893. The Balaban J connectivity index is 1.47. The molecule has 1 N–H and O–H groups in total. The molecule has 6 nitrogen and oxygen atoms in total. The van der Waals surface area contributed by atoms with E-state index >= 15 is 0 Å². The van der Waals surface area contributed by atoms with E-state index in [4.69, 9.17) is 4.74 Å². The molecule has 4 rings (SSSR count). The largest absolute Gasteiger partial charge is 0.376 e. The van der Waals surface area contributed by atoms with Crippen molar-refractivity contribution in [2.75, 3.05) is 12.4 Å². The first kappa shape index (κ1) is 19.0. The highest BCUT2D eigenvalue weighted by Gasteiger charge is 2.23. The molecule has 1 atom stereocenters. The molecule has 27 heavy (non-hydrogen) atoms. The van der Waals surface area contributed by atoms with Crippen LogP contribution in [0.5, 0.6) is 0 Å². The Labute approximate surface area is 168 Å². The summed E-state index contributed by atoms with van der Waals surface area (Å²) in [6, 6.07) is 2.49. The molecule has 1 saturated carbocycles. The van der Waals surface area contributed by atoms with Gasteiger partial charge in [-0.05, 0) is 38.7 Å². The van der Waals surface area contributed by atoms with Crippen LogP contribution in [0.25, 0.3) is 11.4 Å². The fourth-order valence-corrected chi connectivity index (χ4v) is 5.24. The number of thiophene rings is 1. The first-order valence-corrected chi connectivity index (χ1v) is 11.6. The number of aromatic nitrogens is 3. The third-order valence-electron chi connectivity index (χ3n) is 5.17. The van der Waals surface area contributed by atoms with Gasteiger partial charge >= 0.3 is 0 Å². The minimum Gasteiger partial charge on any atom is -0.376 e. The summed E-state index contributed by atoms with van der Waals surface area (Å²) < 4.78 is 7.96. The van der Waals surface area contributed by atoms with E-state index in [1.807, 2.05) is 0 Å². The van der Waals surface area contributed by atoms with Gasteiger partial charge in [-0.2, -0.15) is 0 Å². The second-order valence-electron chi connectivity index (χ2n) is 7.34. The Morgan fingerprint density at radius 3 is 2.89 bits per heavy atom. The van der Waals surface area contributed by atoms with Crippen LogP contribution >= 0.6 is 23.1 Å². The lowest BCUT2D eigenvalue weighted by Gasteiger charge is -2.15. The lowest BCUT2D eigenvalue weighted by molar-refractivity contribution is -0.119. The predicted octanol–water partition coefficient (Wildman–Crippen LogP) is 3.64. The third-order valence-corrected chi connectivity index (χ3v) is 7.00. The third kappa shape index (κ3) is 4.73. The smallest absolute Gasteiger partial charge is 0.230 e. The number of nitrogens with zero attached hydrogens (tertiary/aromatic N) is 3. The molecule has 0 aromatic carbocycles. The van der Waals surface area contributed by atoms with Gasteiger partial charge in [0.25, 0.3) is 0 Å². The molecule has 0 unspecified atom stereocenters. The van der Waals surface area contributed by atoms with Gasteiger partial charge in [0.2, 0.25) is 5.91 Å². The molecule has 1 aliphatic carbocycles. The number of aryl methyl sites for hydroxylation is 1. The molecule has 2 aromatic rings. The Hall–Kier alpha value is -1.38. The molecule has 146 valence electrons. The van der Waals surface area contributed by atoms with Gasteiger partial charge < -0.3 is 10.1 Å². The zero-order valence-electron chi connectivity index (χ0n) is 15.6. The molecule has 1 amide bonds. The van der Waals surface area contributed by atoms with Gasteiger partial charge in [-0.15, -0.1) is 21.5 Å². The van der Waals surface area contributed by atoms with Gasteiger partial charge in [0.15, 0.2) is 11.0 Å². The Bertz CT molecular complexity index is 777. The average molecular weight is 407 g/mol. The first-order valence-electron chi connectivity index (χ1n) is 9.71. The fourth-order valence-electron chi connectivity index (χ4n) is 3.80. The number of nitrogens with one attached hydrogen (secondary N) is 1. The van der Waals surface area contributed by atoms with Crippen molar-refractivity contribution in [2.45, 2.75) is 69.3 Å². The fraction of sp³-hybridized carbons (Fsp3) is 0.632. The summed E-state index contributed by atoms with van der Waals surface area (Å²) in [6.45, 7) is 3.66. The Kier molecular flexibility index (Phi) is 6.14. The average Bonchev–Trinajstić information content (AvgIpc) is 3.42. The van der Waals surface area contributed by atoms with Crippen LogP contribution in [0.4, 0.5) is 0 Å². The Morgan fingerprint density at radius 2 is 2.19 bits per heavy atom. The van der Waals surface area contributed by atoms with Crippen molar-refractivity contribution in [3.63, 3.8) is 0 Å². The van der Waals surface area contributed by atoms with Crippen LogP contribution in [0, 0.1) is 6.92 Å². The normalized spacial score (nSPS) is 20.4. The summed E-state index contributed by atoms with van der Waals surface area (Å²) in [4.78, 5) is 13.5. The lowest BCUT2D eigenvalue weighted by atomic mass is 10.2. The molecular weight excluding hydrogens is 380 g/mol. The van der Waals surface area contributed by atoms with Gasteiger partial charge in [0, 0.05) is 28.5 Å². The van der Waals surface area contributed by atoms with Crippen molar-refractivity contribution in [3.8, 4) is 11.4 Å². The SMILES string of the molecule is Cc1cc(-c2nnc(SCC(=O)NC3CCCC3)n2C[C@H]2CCCO2)cs1. The van der Waals surface area contributed by atoms with E-state index < -0.39 is 0 Å². The summed E-state index contributed by atoms with van der Waals surface area (Å²) in [7, 11) is 0. The standard InChI is InChI=1S/C19H26N4O2S2/c1-13-9-14(11-26-13)18-21-22-19(23(18)10-16-7-4-8-25-16)27-12-17(24)20-15-5-2-3-6-15/h9,11,15-16H,2-8,10,12H2,1H3,(H,20,24)/t16-/m1/s1. The minimum atomic E-state index is 0.0893. The van der Waals surface area contributed by atoms with Gasteiger partial charge in [0.1, 0.15) is 0 Å². The molecule has 1 aliphatic heterocycles. The Morgan fingerprint density at radius 1 is 1.33 bits per heavy atom. The lowest BCUT2D eigenvalue weighted by Crippen LogP contribution is -2.33. The number of hydrogen-bond acceptors (Lipinski definition) is 6. The second-order valence-corrected chi connectivity index (χ2v) is 9.39. The topological polar surface area (TPSA) is 69.0 Å². The van der Waals surface area contributed by atoms with Gasteiger partial charge in [-0.3, -0.25) is 9.36 Å². The van der Waals surface area contributed by atoms with Crippen molar-refractivity contribution in [3.05, 3.63) is 16.3 Å². The molecule has 3 heterocycles. The number of carbonyl (C=O) groups is 1. The highest BCUT2D eigenvalue weighted by atomic mass is 32.2. The van der Waals surface area contributed by atoms with Gasteiger partial charge in [-0.1, -0.05) is 24.6 Å². The predicted molar refractivity (Wildman–Crippen MR) is 108 cm³/mol. The molecular formula is C19H26N4O2S2. The van der Waals surface area contributed by atoms with Crippen molar-refractivity contribution in [1.82, 2.24) is 20.1 Å². The van der Waals surface area contributed by atoms with Crippen LogP contribution in [0.1, 0.15) is 43.4 Å². The summed E-state index contributed by atoms with van der Waals surface area (Å²) >= 11 is 3.18. The quantitative estimate of drug-likeness (QED) is 0.711. The summed E-state index contributed by atoms with van der Waals surface area (Å²) in [5.41, 5.74) is 1.09. The van der Waals surface area contributed by atoms with E-state index in [0.717, 1.165) is 55.4 Å². The molecule has 2 aliphatic rings. The molecule has 2 aromatic heterocycles. The summed E-state index contributed by atoms with van der Waals surface area (Å²) in [5.74, 6) is 1.34. The van der Waals surface area contributed by atoms with Crippen LogP contribution in [-0.4, -0.2) is 45.2 Å². The van der Waals surface area contributed by atoms with E-state index in [-0.39, 0.29) is 12.0 Å². The van der Waals surface area contributed by atoms with E-state index in [9.17, 15) is 4.79 Å². The van der Waals surface area contributed by atoms with Crippen molar-refractivity contribution in [1.29, 1.82) is 0 Å². The van der Waals surface area contributed by atoms with E-state index in [2.05, 4.69) is 38.5 Å². The number of ether oxygens (including phenoxy) is 1. The van der Waals surface area contributed by atoms with Crippen molar-refractivity contribution >= 4 is 29.0 Å². The maximum Gasteiger partial charge on any atom is 0.230 e. The number of rotatable bonds is 7. The highest BCUT2D eigenvalue weighted by molar-refractivity contribution is 7.99. The zero-order valence-corrected chi connectivity index (χ0v) is 17.3. The van der Waals surface area contributed by atoms with Crippen molar-refractivity contribution in [2.24, 2.45) is 0 Å². The molecule has 2 fully saturated rings. The van der Waals surface area contributed by atoms with Crippen LogP contribution in [0.15, 0.2) is 16.6 Å². The van der Waals surface area contributed by atoms with Crippen LogP contribution in [0.2, 0.25) is 0 Å². The van der Waals surface area contributed by atoms with E-state index in [1.54, 1.807) is 11.3 Å². The monoisotopic (exact) mass is 406 g/mol. The van der Waals surface area contributed by atoms with E-state index in [1.165, 1.54) is 29.5 Å². The molecule has 1 saturated heterocycles. The molecule has 8 heteroatoms. The number of amides is 1. The number of thioether (sulfide) groups is 1. The second kappa shape index (κ2) is 8.75. The van der Waals surface area contributed by atoms with Crippen LogP contribution in [-0.2, 0) is 16.1 Å².